The summed E-state index contributed by atoms with van der Waals surface area (Å²) < 4.78 is 6.45. The third-order valence-corrected chi connectivity index (χ3v) is 6.80. The minimum Gasteiger partial charge on any atom is -0.457 e. The van der Waals surface area contributed by atoms with Gasteiger partial charge >= 0.3 is 0 Å². The van der Waals surface area contributed by atoms with Gasteiger partial charge < -0.3 is 9.73 Å². The van der Waals surface area contributed by atoms with Crippen LogP contribution in [-0.4, -0.2) is 28.5 Å². The van der Waals surface area contributed by atoms with E-state index in [4.69, 9.17) is 27.6 Å². The Morgan fingerprint density at radius 2 is 1.84 bits per heavy atom. The van der Waals surface area contributed by atoms with Gasteiger partial charge in [0, 0.05) is 26.8 Å². The molecule has 2 aromatic carbocycles. The van der Waals surface area contributed by atoms with Crippen molar-refractivity contribution in [3.63, 3.8) is 0 Å². The Morgan fingerprint density at radius 1 is 1.09 bits per heavy atom. The molecular formula is C22H13BrCl2N2O4S. The fraction of sp³-hybridized carbons (Fsp3) is 0.0455. The first-order chi connectivity index (χ1) is 15.3. The van der Waals surface area contributed by atoms with Crippen molar-refractivity contribution >= 4 is 79.7 Å². The minimum atomic E-state index is -0.562. The number of hydrogen-bond acceptors (Lipinski definition) is 5. The molecule has 3 aromatic rings. The number of hydrogen-bond donors (Lipinski definition) is 1. The number of carbonyl (C=O) groups excluding carboxylic acids is 3. The Balaban J connectivity index is 1.44. The first-order valence-electron chi connectivity index (χ1n) is 9.16. The average molecular weight is 552 g/mol. The third kappa shape index (κ3) is 5.10. The van der Waals surface area contributed by atoms with E-state index in [2.05, 4.69) is 21.2 Å². The van der Waals surface area contributed by atoms with Crippen LogP contribution in [0.3, 0.4) is 0 Å². The van der Waals surface area contributed by atoms with E-state index in [1.54, 1.807) is 42.5 Å². The van der Waals surface area contributed by atoms with Crippen LogP contribution in [0.15, 0.2) is 68.4 Å². The second kappa shape index (κ2) is 9.54. The van der Waals surface area contributed by atoms with Crippen LogP contribution in [0.25, 0.3) is 17.4 Å². The van der Waals surface area contributed by atoms with E-state index in [0.29, 0.717) is 31.7 Å². The fourth-order valence-corrected chi connectivity index (χ4v) is 4.25. The lowest BCUT2D eigenvalue weighted by atomic mass is 10.2. The number of benzene rings is 2. The highest BCUT2D eigenvalue weighted by Crippen LogP contribution is 2.33. The van der Waals surface area contributed by atoms with Gasteiger partial charge in [-0.15, -0.1) is 0 Å². The number of amides is 3. The van der Waals surface area contributed by atoms with E-state index in [9.17, 15) is 14.4 Å². The maximum absolute atomic E-state index is 12.7. The number of thioether (sulfide) groups is 1. The molecule has 0 aliphatic carbocycles. The molecule has 0 radical (unpaired) electrons. The quantitative estimate of drug-likeness (QED) is 0.357. The summed E-state index contributed by atoms with van der Waals surface area (Å²) in [4.78, 5) is 38.4. The molecule has 3 amide bonds. The zero-order valence-electron chi connectivity index (χ0n) is 16.1. The van der Waals surface area contributed by atoms with Gasteiger partial charge in [0.2, 0.25) is 5.91 Å². The number of nitrogens with zero attached hydrogens (tertiary/aromatic N) is 1. The number of furan rings is 1. The number of nitrogens with one attached hydrogen (secondary N) is 1. The fourth-order valence-electron chi connectivity index (χ4n) is 2.88. The third-order valence-electron chi connectivity index (χ3n) is 4.41. The number of imide groups is 1. The van der Waals surface area contributed by atoms with Crippen LogP contribution in [-0.2, 0) is 9.59 Å². The Labute approximate surface area is 205 Å². The van der Waals surface area contributed by atoms with Gasteiger partial charge in [-0.25, -0.2) is 0 Å². The van der Waals surface area contributed by atoms with Crippen molar-refractivity contribution in [3.8, 4) is 11.3 Å². The summed E-state index contributed by atoms with van der Waals surface area (Å²) in [7, 11) is 0. The van der Waals surface area contributed by atoms with Crippen LogP contribution >= 0.6 is 50.9 Å². The molecule has 6 nitrogen and oxygen atoms in total. The molecule has 1 aromatic heterocycles. The first kappa shape index (κ1) is 22.7. The molecule has 4 rings (SSSR count). The second-order valence-corrected chi connectivity index (χ2v) is 9.34. The molecule has 1 aliphatic rings. The van der Waals surface area contributed by atoms with Crippen molar-refractivity contribution in [3.05, 3.63) is 79.8 Å². The highest BCUT2D eigenvalue weighted by molar-refractivity contribution is 9.10. The Kier molecular flexibility index (Phi) is 6.76. The number of rotatable bonds is 5. The summed E-state index contributed by atoms with van der Waals surface area (Å²) in [6.45, 7) is -0.413. The molecule has 10 heteroatoms. The molecule has 1 saturated heterocycles. The summed E-state index contributed by atoms with van der Waals surface area (Å²) >= 11 is 15.9. The van der Waals surface area contributed by atoms with Gasteiger partial charge in [0.05, 0.1) is 9.93 Å². The molecular weight excluding hydrogens is 539 g/mol. The second-order valence-electron chi connectivity index (χ2n) is 6.65. The average Bonchev–Trinajstić information content (AvgIpc) is 3.32. The van der Waals surface area contributed by atoms with Gasteiger partial charge in [0.1, 0.15) is 18.1 Å². The number of carbonyl (C=O) groups is 3. The van der Waals surface area contributed by atoms with Crippen LogP contribution in [0.1, 0.15) is 5.76 Å². The van der Waals surface area contributed by atoms with Gasteiger partial charge in [-0.05, 0) is 82.3 Å². The van der Waals surface area contributed by atoms with E-state index < -0.39 is 23.6 Å². The van der Waals surface area contributed by atoms with E-state index in [1.807, 2.05) is 12.1 Å². The smallest absolute Gasteiger partial charge is 0.294 e. The van der Waals surface area contributed by atoms with Crippen LogP contribution < -0.4 is 5.32 Å². The summed E-state index contributed by atoms with van der Waals surface area (Å²) in [6, 6.07) is 15.5. The van der Waals surface area contributed by atoms with Crippen LogP contribution in [0.2, 0.25) is 10.0 Å². The highest BCUT2D eigenvalue weighted by atomic mass is 79.9. The predicted octanol–water partition coefficient (Wildman–Crippen LogP) is 6.69. The standard InChI is InChI=1S/C22H13BrCl2N2O4S/c23-16-7-5-14(9-17(16)25)26-20(28)11-27-21(29)19(32-22(27)30)10-15-6-8-18(31-15)12-1-3-13(24)4-2-12/h1-10H,11H2,(H,26,28)/b19-10+. The Hall–Kier alpha value is -2.52. The zero-order valence-corrected chi connectivity index (χ0v) is 20.0. The van der Waals surface area contributed by atoms with Crippen molar-refractivity contribution < 1.29 is 18.8 Å². The maximum Gasteiger partial charge on any atom is 0.294 e. The van der Waals surface area contributed by atoms with Gasteiger partial charge in [-0.2, -0.15) is 0 Å². The minimum absolute atomic E-state index is 0.173. The Bertz CT molecular complexity index is 1260. The molecule has 1 fully saturated rings. The maximum atomic E-state index is 12.7. The lowest BCUT2D eigenvalue weighted by Crippen LogP contribution is -2.36. The predicted molar refractivity (Wildman–Crippen MR) is 130 cm³/mol. The summed E-state index contributed by atoms with van der Waals surface area (Å²) in [5.74, 6) is -0.0718. The SMILES string of the molecule is O=C(CN1C(=O)S/C(=C/c2ccc(-c3ccc(Cl)cc3)o2)C1=O)Nc1ccc(Br)c(Cl)c1. The first-order valence-corrected chi connectivity index (χ1v) is 11.5. The van der Waals surface area contributed by atoms with Crippen molar-refractivity contribution in [2.24, 2.45) is 0 Å². The normalized spacial score (nSPS) is 15.0. The van der Waals surface area contributed by atoms with E-state index in [0.717, 1.165) is 22.2 Å². The lowest BCUT2D eigenvalue weighted by Gasteiger charge is -2.12. The molecule has 0 saturated carbocycles. The molecule has 0 spiro atoms. The summed E-state index contributed by atoms with van der Waals surface area (Å²) in [6.07, 6.45) is 1.48. The largest absolute Gasteiger partial charge is 0.457 e. The van der Waals surface area contributed by atoms with E-state index in [-0.39, 0.29) is 4.91 Å². The summed E-state index contributed by atoms with van der Waals surface area (Å²) in [5.41, 5.74) is 1.28. The van der Waals surface area contributed by atoms with Crippen molar-refractivity contribution in [1.29, 1.82) is 0 Å². The Morgan fingerprint density at radius 3 is 2.56 bits per heavy atom. The lowest BCUT2D eigenvalue weighted by molar-refractivity contribution is -0.127. The molecule has 32 heavy (non-hydrogen) atoms. The number of halogens is 3. The van der Waals surface area contributed by atoms with Crippen molar-refractivity contribution in [1.82, 2.24) is 4.90 Å². The van der Waals surface area contributed by atoms with Gasteiger partial charge in [0.25, 0.3) is 11.1 Å². The van der Waals surface area contributed by atoms with E-state index >= 15 is 0 Å². The molecule has 2 heterocycles. The van der Waals surface area contributed by atoms with Crippen molar-refractivity contribution in [2.45, 2.75) is 0 Å². The molecule has 0 atom stereocenters. The van der Waals surface area contributed by atoms with Crippen LogP contribution in [0.4, 0.5) is 10.5 Å². The van der Waals surface area contributed by atoms with Crippen molar-refractivity contribution in [2.75, 3.05) is 11.9 Å². The van der Waals surface area contributed by atoms with Gasteiger partial charge in [0.15, 0.2) is 0 Å². The molecule has 0 unspecified atom stereocenters. The van der Waals surface area contributed by atoms with Gasteiger partial charge in [-0.3, -0.25) is 19.3 Å². The highest BCUT2D eigenvalue weighted by Gasteiger charge is 2.36. The molecule has 162 valence electrons. The van der Waals surface area contributed by atoms with Gasteiger partial charge in [-0.1, -0.05) is 23.2 Å². The molecule has 0 bridgehead atoms. The molecule has 1 N–H and O–H groups in total. The van der Waals surface area contributed by atoms with Crippen LogP contribution in [0, 0.1) is 0 Å². The monoisotopic (exact) mass is 550 g/mol. The summed E-state index contributed by atoms with van der Waals surface area (Å²) in [5, 5.41) is 3.13. The molecule has 1 aliphatic heterocycles. The van der Waals surface area contributed by atoms with Crippen LogP contribution in [0.5, 0.6) is 0 Å². The topological polar surface area (TPSA) is 79.6 Å². The number of anilines is 1. The zero-order chi connectivity index (χ0) is 22.8. The van der Waals surface area contributed by atoms with E-state index in [1.165, 1.54) is 6.08 Å².